The maximum atomic E-state index is 4.44. The van der Waals surface area contributed by atoms with E-state index in [2.05, 4.69) is 34.0 Å². The molecule has 0 atom stereocenters. The van der Waals surface area contributed by atoms with E-state index in [1.807, 2.05) is 12.1 Å². The summed E-state index contributed by atoms with van der Waals surface area (Å²) in [4.78, 5) is 14.3. The molecule has 0 aliphatic heterocycles. The molecule has 3 nitrogen and oxygen atoms in total. The third-order valence-corrected chi connectivity index (χ3v) is 3.24. The summed E-state index contributed by atoms with van der Waals surface area (Å²) < 4.78 is 0. The quantitative estimate of drug-likeness (QED) is 0.678. The summed E-state index contributed by atoms with van der Waals surface area (Å²) in [5.74, 6) is 0.904. The summed E-state index contributed by atoms with van der Waals surface area (Å²) >= 11 is 1.73. The Hall–Kier alpha value is -1.68. The number of thiophene rings is 1. The molecule has 74 valence electrons. The first-order chi connectivity index (χ1) is 7.33. The smallest absolute Gasteiger partial charge is 0.178 e. The third kappa shape index (κ3) is 1.43. The van der Waals surface area contributed by atoms with Gasteiger partial charge in [-0.05, 0) is 31.2 Å². The lowest BCUT2D eigenvalue weighted by atomic mass is 10.4. The molecule has 0 saturated carbocycles. The van der Waals surface area contributed by atoms with Crippen LogP contribution in [0.3, 0.4) is 0 Å². The van der Waals surface area contributed by atoms with Crippen LogP contribution in [0.5, 0.6) is 0 Å². The first-order valence-corrected chi connectivity index (χ1v) is 5.52. The van der Waals surface area contributed by atoms with Gasteiger partial charge in [-0.15, -0.1) is 11.3 Å². The Balaban J connectivity index is 2.19. The second-order valence-corrected chi connectivity index (χ2v) is 4.66. The minimum Gasteiger partial charge on any atom is -0.336 e. The molecule has 3 aromatic rings. The first-order valence-electron chi connectivity index (χ1n) is 4.70. The summed E-state index contributed by atoms with van der Waals surface area (Å²) in [5, 5.41) is 0. The zero-order chi connectivity index (χ0) is 10.3. The van der Waals surface area contributed by atoms with Crippen LogP contribution in [0.25, 0.3) is 21.9 Å². The number of pyridine rings is 1. The number of aromatic amines is 1. The van der Waals surface area contributed by atoms with Gasteiger partial charge in [0.15, 0.2) is 11.5 Å². The van der Waals surface area contributed by atoms with E-state index in [9.17, 15) is 0 Å². The normalized spacial score (nSPS) is 11.0. The van der Waals surface area contributed by atoms with Gasteiger partial charge in [-0.2, -0.15) is 0 Å². The molecular formula is C11H9N3S. The number of H-pyrrole nitrogens is 1. The Kier molecular flexibility index (Phi) is 1.82. The van der Waals surface area contributed by atoms with E-state index >= 15 is 0 Å². The van der Waals surface area contributed by atoms with Gasteiger partial charge in [0.2, 0.25) is 0 Å². The molecule has 15 heavy (non-hydrogen) atoms. The van der Waals surface area contributed by atoms with Crippen LogP contribution in [-0.4, -0.2) is 15.0 Å². The molecule has 0 spiro atoms. The highest BCUT2D eigenvalue weighted by Gasteiger charge is 2.06. The number of hydrogen-bond acceptors (Lipinski definition) is 3. The van der Waals surface area contributed by atoms with Crippen molar-refractivity contribution in [3.05, 3.63) is 35.3 Å². The zero-order valence-corrected chi connectivity index (χ0v) is 9.01. The van der Waals surface area contributed by atoms with E-state index in [4.69, 9.17) is 0 Å². The number of imidazole rings is 1. The lowest BCUT2D eigenvalue weighted by molar-refractivity contribution is 1.31. The highest BCUT2D eigenvalue weighted by molar-refractivity contribution is 7.15. The Bertz CT molecular complexity index is 576. The number of rotatable bonds is 1. The standard InChI is InChI=1S/C11H9N3S/c1-7-4-5-9(15-7)11-13-8-3-2-6-12-10(8)14-11/h2-6H,1H3,(H,12,13,14). The molecule has 3 rings (SSSR count). The Labute approximate surface area is 90.8 Å². The lowest BCUT2D eigenvalue weighted by Crippen LogP contribution is -1.73. The van der Waals surface area contributed by atoms with E-state index in [1.165, 1.54) is 4.88 Å². The third-order valence-electron chi connectivity index (χ3n) is 2.23. The van der Waals surface area contributed by atoms with E-state index < -0.39 is 0 Å². The van der Waals surface area contributed by atoms with Crippen molar-refractivity contribution in [3.63, 3.8) is 0 Å². The summed E-state index contributed by atoms with van der Waals surface area (Å²) in [6.45, 7) is 2.09. The maximum absolute atomic E-state index is 4.44. The van der Waals surface area contributed by atoms with Gasteiger partial charge >= 0.3 is 0 Å². The van der Waals surface area contributed by atoms with Crippen molar-refractivity contribution < 1.29 is 0 Å². The minimum absolute atomic E-state index is 0.776. The molecule has 0 aromatic carbocycles. The SMILES string of the molecule is Cc1ccc(-c2nc3ncccc3[nH]2)s1. The van der Waals surface area contributed by atoms with Crippen LogP contribution in [-0.2, 0) is 0 Å². The highest BCUT2D eigenvalue weighted by Crippen LogP contribution is 2.26. The maximum Gasteiger partial charge on any atom is 0.178 e. The largest absolute Gasteiger partial charge is 0.336 e. The van der Waals surface area contributed by atoms with E-state index in [0.717, 1.165) is 21.9 Å². The molecule has 0 saturated heterocycles. The van der Waals surface area contributed by atoms with Gasteiger partial charge in [0.25, 0.3) is 0 Å². The number of aromatic nitrogens is 3. The Morgan fingerprint density at radius 1 is 1.27 bits per heavy atom. The van der Waals surface area contributed by atoms with Crippen molar-refractivity contribution in [2.45, 2.75) is 6.92 Å². The van der Waals surface area contributed by atoms with Gasteiger partial charge < -0.3 is 4.98 Å². The molecule has 0 fully saturated rings. The summed E-state index contributed by atoms with van der Waals surface area (Å²) in [7, 11) is 0. The number of aryl methyl sites for hydroxylation is 1. The van der Waals surface area contributed by atoms with E-state index in [-0.39, 0.29) is 0 Å². The van der Waals surface area contributed by atoms with Crippen LogP contribution >= 0.6 is 11.3 Å². The number of nitrogens with one attached hydrogen (secondary N) is 1. The molecule has 1 N–H and O–H groups in total. The van der Waals surface area contributed by atoms with Crippen molar-refractivity contribution in [1.29, 1.82) is 0 Å². The molecule has 0 radical (unpaired) electrons. The van der Waals surface area contributed by atoms with Crippen molar-refractivity contribution in [2.24, 2.45) is 0 Å². The van der Waals surface area contributed by atoms with Gasteiger partial charge in [-0.3, -0.25) is 0 Å². The fraction of sp³-hybridized carbons (Fsp3) is 0.0909. The van der Waals surface area contributed by atoms with Gasteiger partial charge in [0.05, 0.1) is 10.4 Å². The predicted molar refractivity (Wildman–Crippen MR) is 61.9 cm³/mol. The Morgan fingerprint density at radius 2 is 2.20 bits per heavy atom. The van der Waals surface area contributed by atoms with E-state index in [1.54, 1.807) is 17.5 Å². The van der Waals surface area contributed by atoms with Gasteiger partial charge in [-0.25, -0.2) is 9.97 Å². The van der Waals surface area contributed by atoms with Gasteiger partial charge in [-0.1, -0.05) is 0 Å². The molecule has 3 aromatic heterocycles. The molecule has 3 heterocycles. The second-order valence-electron chi connectivity index (χ2n) is 3.37. The van der Waals surface area contributed by atoms with Crippen LogP contribution in [0.1, 0.15) is 4.88 Å². The van der Waals surface area contributed by atoms with Crippen LogP contribution in [0.2, 0.25) is 0 Å². The monoisotopic (exact) mass is 215 g/mol. The predicted octanol–water partition coefficient (Wildman–Crippen LogP) is 2.99. The van der Waals surface area contributed by atoms with Crippen LogP contribution in [0.4, 0.5) is 0 Å². The Morgan fingerprint density at radius 3 is 2.93 bits per heavy atom. The average Bonchev–Trinajstić information content (AvgIpc) is 2.82. The summed E-state index contributed by atoms with van der Waals surface area (Å²) in [6, 6.07) is 8.07. The summed E-state index contributed by atoms with van der Waals surface area (Å²) in [6.07, 6.45) is 1.76. The van der Waals surface area contributed by atoms with Crippen molar-refractivity contribution in [2.75, 3.05) is 0 Å². The topological polar surface area (TPSA) is 41.6 Å². The van der Waals surface area contributed by atoms with E-state index in [0.29, 0.717) is 0 Å². The highest BCUT2D eigenvalue weighted by atomic mass is 32.1. The first kappa shape index (κ1) is 8.61. The fourth-order valence-corrected chi connectivity index (χ4v) is 2.34. The van der Waals surface area contributed by atoms with Crippen molar-refractivity contribution in [1.82, 2.24) is 15.0 Å². The number of hydrogen-bond donors (Lipinski definition) is 1. The molecular weight excluding hydrogens is 206 g/mol. The second kappa shape index (κ2) is 3.17. The van der Waals surface area contributed by atoms with Crippen LogP contribution in [0, 0.1) is 6.92 Å². The van der Waals surface area contributed by atoms with Crippen LogP contribution < -0.4 is 0 Å². The van der Waals surface area contributed by atoms with Crippen LogP contribution in [0.15, 0.2) is 30.5 Å². The molecule has 4 heteroatoms. The number of nitrogens with zero attached hydrogens (tertiary/aromatic N) is 2. The minimum atomic E-state index is 0.776. The molecule has 0 unspecified atom stereocenters. The zero-order valence-electron chi connectivity index (χ0n) is 8.19. The number of fused-ring (bicyclic) bond motifs is 1. The molecule has 0 aliphatic rings. The molecule has 0 aliphatic carbocycles. The van der Waals surface area contributed by atoms with Crippen molar-refractivity contribution in [3.8, 4) is 10.7 Å². The lowest BCUT2D eigenvalue weighted by Gasteiger charge is -1.86. The van der Waals surface area contributed by atoms with Gasteiger partial charge in [0, 0.05) is 11.1 Å². The van der Waals surface area contributed by atoms with Gasteiger partial charge in [0.1, 0.15) is 0 Å². The van der Waals surface area contributed by atoms with Crippen molar-refractivity contribution >= 4 is 22.5 Å². The average molecular weight is 215 g/mol. The summed E-state index contributed by atoms with van der Waals surface area (Å²) in [5.41, 5.74) is 1.76. The molecule has 0 amide bonds. The molecule has 0 bridgehead atoms. The fourth-order valence-electron chi connectivity index (χ4n) is 1.52.